The van der Waals surface area contributed by atoms with Crippen LogP contribution in [0.15, 0.2) is 158 Å². The van der Waals surface area contributed by atoms with Gasteiger partial charge in [0, 0.05) is 11.1 Å². The van der Waals surface area contributed by atoms with Gasteiger partial charge in [0.15, 0.2) is 0 Å². The zero-order chi connectivity index (χ0) is 31.8. The molecule has 0 unspecified atom stereocenters. The van der Waals surface area contributed by atoms with Crippen LogP contribution < -0.4 is 31.8 Å². The summed E-state index contributed by atoms with van der Waals surface area (Å²) in [6.07, 6.45) is 1.61. The van der Waals surface area contributed by atoms with Gasteiger partial charge in [-0.3, -0.25) is 0 Å². The normalized spacial score (nSPS) is 17.7. The second kappa shape index (κ2) is 13.0. The number of benzene rings is 6. The van der Waals surface area contributed by atoms with Crippen LogP contribution in [-0.4, -0.2) is 0 Å². The third kappa shape index (κ3) is 5.20. The molecule has 0 saturated heterocycles. The van der Waals surface area contributed by atoms with Gasteiger partial charge in [-0.25, -0.2) is 0 Å². The van der Waals surface area contributed by atoms with Crippen molar-refractivity contribution in [2.45, 2.75) is 44.7 Å². The van der Waals surface area contributed by atoms with Crippen molar-refractivity contribution < 1.29 is 9.47 Å². The van der Waals surface area contributed by atoms with E-state index in [4.69, 9.17) is 9.47 Å². The van der Waals surface area contributed by atoms with Crippen LogP contribution in [-0.2, 0) is 15.3 Å². The van der Waals surface area contributed by atoms with Crippen LogP contribution in [0.2, 0.25) is 0 Å². The number of rotatable bonds is 8. The molecule has 0 amide bonds. The van der Waals surface area contributed by atoms with E-state index in [1.54, 1.807) is 0 Å². The minimum atomic E-state index is -1.01. The highest BCUT2D eigenvalue weighted by Crippen LogP contribution is 2.59. The molecular formula is C43H38O2P2. The van der Waals surface area contributed by atoms with E-state index < -0.39 is 21.6 Å². The van der Waals surface area contributed by atoms with Crippen LogP contribution >= 0.6 is 15.8 Å². The second-order valence-corrected chi connectivity index (χ2v) is 16.5. The fourth-order valence-corrected chi connectivity index (χ4v) is 12.5. The first-order valence-electron chi connectivity index (χ1n) is 16.7. The molecule has 47 heavy (non-hydrogen) atoms. The van der Waals surface area contributed by atoms with Crippen molar-refractivity contribution in [1.29, 1.82) is 0 Å². The Hall–Kier alpha value is -3.90. The first kappa shape index (κ1) is 30.4. The first-order chi connectivity index (χ1) is 23.2. The van der Waals surface area contributed by atoms with E-state index in [2.05, 4.69) is 172 Å². The minimum absolute atomic E-state index is 0.0652. The molecule has 0 aromatic heterocycles. The summed E-state index contributed by atoms with van der Waals surface area (Å²) in [7, 11) is -1.78. The average molecular weight is 649 g/mol. The van der Waals surface area contributed by atoms with Gasteiger partial charge in [0.1, 0.15) is 0 Å². The lowest BCUT2D eigenvalue weighted by atomic mass is 9.92. The lowest BCUT2D eigenvalue weighted by Gasteiger charge is -2.33. The number of fused-ring (bicyclic) bond motifs is 4. The molecule has 8 rings (SSSR count). The van der Waals surface area contributed by atoms with E-state index in [-0.39, 0.29) is 12.2 Å². The maximum atomic E-state index is 7.41. The lowest BCUT2D eigenvalue weighted by Crippen LogP contribution is -2.38. The van der Waals surface area contributed by atoms with E-state index in [1.807, 2.05) is 0 Å². The summed E-state index contributed by atoms with van der Waals surface area (Å²) in [5.41, 5.74) is 4.94. The summed E-state index contributed by atoms with van der Waals surface area (Å²) in [5.74, 6) is -1.01. The van der Waals surface area contributed by atoms with Crippen molar-refractivity contribution in [3.8, 4) is 0 Å². The molecule has 0 aliphatic carbocycles. The van der Waals surface area contributed by atoms with Gasteiger partial charge in [0.05, 0.1) is 12.2 Å². The van der Waals surface area contributed by atoms with E-state index >= 15 is 0 Å². The Morgan fingerprint density at radius 1 is 0.426 bits per heavy atom. The predicted molar refractivity (Wildman–Crippen MR) is 199 cm³/mol. The van der Waals surface area contributed by atoms with Gasteiger partial charge in [-0.15, -0.1) is 0 Å². The van der Waals surface area contributed by atoms with Crippen LogP contribution in [0.3, 0.4) is 0 Å². The van der Waals surface area contributed by atoms with Crippen molar-refractivity contribution in [2.24, 2.45) is 0 Å². The van der Waals surface area contributed by atoms with Crippen LogP contribution in [0.1, 0.15) is 61.2 Å². The molecule has 0 N–H and O–H groups in total. The highest BCUT2D eigenvalue weighted by Gasteiger charge is 2.57. The Balaban J connectivity index is 1.43. The lowest BCUT2D eigenvalue weighted by molar-refractivity contribution is -0.235. The molecule has 2 atom stereocenters. The summed E-state index contributed by atoms with van der Waals surface area (Å²) >= 11 is 0. The van der Waals surface area contributed by atoms with Gasteiger partial charge in [0.2, 0.25) is 5.79 Å². The number of ether oxygens (including phenoxy) is 2. The Kier molecular flexibility index (Phi) is 8.39. The van der Waals surface area contributed by atoms with Gasteiger partial charge < -0.3 is 9.47 Å². The third-order valence-electron chi connectivity index (χ3n) is 9.40. The van der Waals surface area contributed by atoms with Crippen molar-refractivity contribution in [3.05, 3.63) is 180 Å². The van der Waals surface area contributed by atoms with Crippen molar-refractivity contribution in [2.75, 3.05) is 0 Å². The molecule has 1 spiro atoms. The predicted octanol–water partition coefficient (Wildman–Crippen LogP) is 8.37. The molecule has 2 aliphatic rings. The summed E-state index contributed by atoms with van der Waals surface area (Å²) in [6.45, 7) is 4.47. The Morgan fingerprint density at radius 3 is 1.04 bits per heavy atom. The average Bonchev–Trinajstić information content (AvgIpc) is 3.65. The number of hydrogen-bond donors (Lipinski definition) is 0. The standard InChI is InChI=1S/C43H38O2P2/c1-3-37-35-27-17-29-39(46(31-19-9-5-10-20-31)32-21-11-6-12-22-32)41(35)43(44-37)42-36(38(4-2)45-43)28-18-30-40(42)47(33-23-13-7-14-24-33)34-25-15-8-16-26-34/h5-30,37-38H,3-4H2,1-2H3/t37-,38-,43?/m0/s1. The zero-order valence-corrected chi connectivity index (χ0v) is 28.6. The van der Waals surface area contributed by atoms with E-state index in [0.717, 1.165) is 12.8 Å². The molecule has 2 nitrogen and oxygen atoms in total. The molecule has 0 bridgehead atoms. The Morgan fingerprint density at radius 2 is 0.745 bits per heavy atom. The molecule has 2 aliphatic heterocycles. The monoisotopic (exact) mass is 648 g/mol. The highest BCUT2D eigenvalue weighted by atomic mass is 31.1. The molecule has 0 fully saturated rings. The molecule has 0 radical (unpaired) electrons. The minimum Gasteiger partial charge on any atom is -0.334 e. The fourth-order valence-electron chi connectivity index (χ4n) is 7.43. The largest absolute Gasteiger partial charge is 0.334 e. The van der Waals surface area contributed by atoms with Crippen molar-refractivity contribution >= 4 is 47.7 Å². The van der Waals surface area contributed by atoms with Gasteiger partial charge in [0.25, 0.3) is 0 Å². The quantitative estimate of drug-likeness (QED) is 0.155. The highest BCUT2D eigenvalue weighted by molar-refractivity contribution is 7.80. The van der Waals surface area contributed by atoms with Crippen LogP contribution in [0.5, 0.6) is 0 Å². The number of hydrogen-bond acceptors (Lipinski definition) is 2. The third-order valence-corrected chi connectivity index (χ3v) is 14.4. The van der Waals surface area contributed by atoms with Crippen LogP contribution in [0.4, 0.5) is 0 Å². The first-order valence-corrected chi connectivity index (χ1v) is 19.3. The maximum absolute atomic E-state index is 7.41. The summed E-state index contributed by atoms with van der Waals surface area (Å²) in [5, 5.41) is 7.93. The second-order valence-electron chi connectivity index (χ2n) is 12.1. The molecule has 2 heterocycles. The fraction of sp³-hybridized carbons (Fsp3) is 0.163. The van der Waals surface area contributed by atoms with E-state index in [0.29, 0.717) is 0 Å². The van der Waals surface area contributed by atoms with E-state index in [9.17, 15) is 0 Å². The summed E-state index contributed by atoms with van der Waals surface area (Å²) in [4.78, 5) is 0. The smallest absolute Gasteiger partial charge is 0.225 e. The summed E-state index contributed by atoms with van der Waals surface area (Å²) in [6, 6.07) is 57.7. The van der Waals surface area contributed by atoms with Gasteiger partial charge in [-0.1, -0.05) is 172 Å². The van der Waals surface area contributed by atoms with Gasteiger partial charge in [-0.05, 0) is 71.6 Å². The van der Waals surface area contributed by atoms with Crippen molar-refractivity contribution in [3.63, 3.8) is 0 Å². The summed E-state index contributed by atoms with van der Waals surface area (Å²) < 4.78 is 14.8. The van der Waals surface area contributed by atoms with Crippen LogP contribution in [0, 0.1) is 0 Å². The molecule has 6 aromatic carbocycles. The molecular weight excluding hydrogens is 610 g/mol. The van der Waals surface area contributed by atoms with Gasteiger partial charge in [-0.2, -0.15) is 0 Å². The van der Waals surface area contributed by atoms with E-state index in [1.165, 1.54) is 54.1 Å². The zero-order valence-electron chi connectivity index (χ0n) is 26.8. The van der Waals surface area contributed by atoms with Gasteiger partial charge >= 0.3 is 0 Å². The Labute approximate surface area is 280 Å². The molecule has 6 aromatic rings. The SMILES string of the molecule is CC[C@@H]1OC2(O[C@@H](CC)c3cccc(P(c4ccccc4)c4ccccc4)c32)c2c1cccc2P(c1ccccc1)c1ccccc1. The van der Waals surface area contributed by atoms with Crippen LogP contribution in [0.25, 0.3) is 0 Å². The van der Waals surface area contributed by atoms with Crippen molar-refractivity contribution in [1.82, 2.24) is 0 Å². The molecule has 232 valence electrons. The molecule has 4 heteroatoms. The molecule has 0 saturated carbocycles. The topological polar surface area (TPSA) is 18.5 Å². The maximum Gasteiger partial charge on any atom is 0.225 e. The Bertz CT molecular complexity index is 1750.